The summed E-state index contributed by atoms with van der Waals surface area (Å²) in [7, 11) is 0. The first-order valence-corrected chi connectivity index (χ1v) is 9.75. The quantitative estimate of drug-likeness (QED) is 0.657. The second kappa shape index (κ2) is 8.46. The highest BCUT2D eigenvalue weighted by molar-refractivity contribution is 6.02. The third kappa shape index (κ3) is 4.38. The monoisotopic (exact) mass is 407 g/mol. The number of benzene rings is 2. The lowest BCUT2D eigenvalue weighted by Gasteiger charge is -2.22. The zero-order chi connectivity index (χ0) is 21.1. The zero-order valence-corrected chi connectivity index (χ0v) is 16.3. The summed E-state index contributed by atoms with van der Waals surface area (Å²) >= 11 is 0. The van der Waals surface area contributed by atoms with Crippen LogP contribution in [-0.2, 0) is 11.3 Å². The largest absolute Gasteiger partial charge is 0.368 e. The van der Waals surface area contributed by atoms with Crippen LogP contribution in [0.4, 0.5) is 10.1 Å². The van der Waals surface area contributed by atoms with Crippen LogP contribution < -0.4 is 11.1 Å². The summed E-state index contributed by atoms with van der Waals surface area (Å²) in [4.78, 5) is 26.2. The molecule has 1 unspecified atom stereocenters. The van der Waals surface area contributed by atoms with E-state index >= 15 is 0 Å². The second-order valence-electron chi connectivity index (χ2n) is 7.31. The third-order valence-corrected chi connectivity index (χ3v) is 5.16. The Labute approximate surface area is 173 Å². The number of nitrogens with one attached hydrogen (secondary N) is 1. The van der Waals surface area contributed by atoms with Crippen molar-refractivity contribution < 1.29 is 14.0 Å². The molecule has 1 atom stereocenters. The molecular formula is C22H22FN5O2. The summed E-state index contributed by atoms with van der Waals surface area (Å²) in [5.41, 5.74) is 7.85. The summed E-state index contributed by atoms with van der Waals surface area (Å²) in [6.45, 7) is 1.41. The maximum atomic E-state index is 13.4. The molecule has 1 aliphatic rings. The highest BCUT2D eigenvalue weighted by Crippen LogP contribution is 2.21. The van der Waals surface area contributed by atoms with Gasteiger partial charge in [-0.1, -0.05) is 18.2 Å². The Bertz CT molecular complexity index is 1080. The number of nitrogens with two attached hydrogens (primary N) is 1. The number of carbonyl (C=O) groups is 2. The minimum Gasteiger partial charge on any atom is -0.368 e. The van der Waals surface area contributed by atoms with Gasteiger partial charge in [0.2, 0.25) is 5.91 Å². The van der Waals surface area contributed by atoms with E-state index in [9.17, 15) is 14.0 Å². The first kappa shape index (κ1) is 19.8. The molecule has 4 rings (SSSR count). The van der Waals surface area contributed by atoms with Crippen molar-refractivity contribution in [3.63, 3.8) is 0 Å². The van der Waals surface area contributed by atoms with Gasteiger partial charge in [0.1, 0.15) is 5.82 Å². The maximum absolute atomic E-state index is 13.4. The van der Waals surface area contributed by atoms with Crippen molar-refractivity contribution in [1.82, 2.24) is 14.7 Å². The normalized spacial score (nSPS) is 16.5. The Morgan fingerprint density at radius 1 is 1.17 bits per heavy atom. The highest BCUT2D eigenvalue weighted by atomic mass is 19.1. The van der Waals surface area contributed by atoms with Crippen LogP contribution in [0.15, 0.2) is 60.8 Å². The average molecular weight is 407 g/mol. The van der Waals surface area contributed by atoms with Crippen molar-refractivity contribution in [2.75, 3.05) is 11.9 Å². The molecule has 3 aromatic rings. The van der Waals surface area contributed by atoms with Gasteiger partial charge < -0.3 is 11.1 Å². The van der Waals surface area contributed by atoms with Crippen molar-refractivity contribution in [2.45, 2.75) is 25.4 Å². The van der Waals surface area contributed by atoms with Crippen molar-refractivity contribution in [1.29, 1.82) is 0 Å². The van der Waals surface area contributed by atoms with Crippen LogP contribution in [-0.4, -0.2) is 39.1 Å². The van der Waals surface area contributed by atoms with Gasteiger partial charge in [0.15, 0.2) is 5.69 Å². The molecule has 7 nitrogen and oxygen atoms in total. The van der Waals surface area contributed by atoms with Gasteiger partial charge in [0.05, 0.1) is 11.7 Å². The lowest BCUT2D eigenvalue weighted by molar-refractivity contribution is -0.122. The number of hydrogen-bond acceptors (Lipinski definition) is 4. The summed E-state index contributed by atoms with van der Waals surface area (Å²) < 4.78 is 14.9. The van der Waals surface area contributed by atoms with Gasteiger partial charge >= 0.3 is 0 Å². The van der Waals surface area contributed by atoms with Gasteiger partial charge in [-0.15, -0.1) is 0 Å². The molecule has 1 aliphatic heterocycles. The molecule has 0 saturated carbocycles. The van der Waals surface area contributed by atoms with Crippen LogP contribution in [0, 0.1) is 5.82 Å². The molecule has 1 fully saturated rings. The molecule has 8 heteroatoms. The van der Waals surface area contributed by atoms with E-state index in [1.54, 1.807) is 30.5 Å². The Morgan fingerprint density at radius 2 is 2.00 bits per heavy atom. The number of nitrogens with zero attached hydrogens (tertiary/aromatic N) is 3. The van der Waals surface area contributed by atoms with Gasteiger partial charge in [0.25, 0.3) is 5.91 Å². The standard InChI is InChI=1S/C22H22FN5O2/c23-16-5-2-7-18(13-16)28-11-9-19(26-28)22(30)25-17-6-1-4-15(12-17)14-27-10-3-8-20(27)21(24)29/h1-2,4-7,9,11-13,20H,3,8,10,14H2,(H2,24,29)(H,25,30). The fourth-order valence-corrected chi connectivity index (χ4v) is 3.72. The maximum Gasteiger partial charge on any atom is 0.276 e. The number of hydrogen-bond donors (Lipinski definition) is 2. The van der Waals surface area contributed by atoms with Crippen LogP contribution >= 0.6 is 0 Å². The van der Waals surface area contributed by atoms with Crippen molar-refractivity contribution in [3.05, 3.63) is 77.9 Å². The summed E-state index contributed by atoms with van der Waals surface area (Å²) in [6.07, 6.45) is 3.33. The van der Waals surface area contributed by atoms with Gasteiger partial charge in [0, 0.05) is 18.4 Å². The highest BCUT2D eigenvalue weighted by Gasteiger charge is 2.28. The molecule has 2 amide bonds. The van der Waals surface area contributed by atoms with Crippen molar-refractivity contribution >= 4 is 17.5 Å². The fourth-order valence-electron chi connectivity index (χ4n) is 3.72. The number of rotatable bonds is 6. The van der Waals surface area contributed by atoms with E-state index in [1.807, 2.05) is 18.2 Å². The van der Waals surface area contributed by atoms with Gasteiger partial charge in [-0.2, -0.15) is 5.10 Å². The second-order valence-corrected chi connectivity index (χ2v) is 7.31. The van der Waals surface area contributed by atoms with E-state index in [0.717, 1.165) is 24.9 Å². The van der Waals surface area contributed by atoms with Gasteiger partial charge in [-0.25, -0.2) is 9.07 Å². The average Bonchev–Trinajstić information content (AvgIpc) is 3.38. The van der Waals surface area contributed by atoms with Crippen LogP contribution in [0.2, 0.25) is 0 Å². The number of anilines is 1. The van der Waals surface area contributed by atoms with Gasteiger partial charge in [-0.3, -0.25) is 14.5 Å². The Kier molecular flexibility index (Phi) is 5.58. The topological polar surface area (TPSA) is 93.3 Å². The molecule has 1 saturated heterocycles. The molecule has 2 aromatic carbocycles. The molecule has 154 valence electrons. The van der Waals surface area contributed by atoms with Crippen LogP contribution in [0.3, 0.4) is 0 Å². The van der Waals surface area contributed by atoms with Crippen molar-refractivity contribution in [3.8, 4) is 5.69 Å². The Morgan fingerprint density at radius 3 is 2.80 bits per heavy atom. The molecule has 0 aliphatic carbocycles. The minimum absolute atomic E-state index is 0.220. The summed E-state index contributed by atoms with van der Waals surface area (Å²) in [6, 6.07) is 14.8. The molecule has 0 radical (unpaired) electrons. The van der Waals surface area contributed by atoms with E-state index in [1.165, 1.54) is 16.8 Å². The SMILES string of the molecule is NC(=O)C1CCCN1Cc1cccc(NC(=O)c2ccn(-c3cccc(F)c3)n2)c1. The lowest BCUT2D eigenvalue weighted by atomic mass is 10.1. The summed E-state index contributed by atoms with van der Waals surface area (Å²) in [5.74, 6) is -1.04. The Hall–Kier alpha value is -3.52. The molecule has 0 bridgehead atoms. The van der Waals surface area contributed by atoms with E-state index in [0.29, 0.717) is 17.9 Å². The number of primary amides is 1. The third-order valence-electron chi connectivity index (χ3n) is 5.16. The van der Waals surface area contributed by atoms with Crippen LogP contribution in [0.25, 0.3) is 5.69 Å². The number of carbonyl (C=O) groups excluding carboxylic acids is 2. The zero-order valence-electron chi connectivity index (χ0n) is 16.3. The molecular weight excluding hydrogens is 385 g/mol. The minimum atomic E-state index is -0.373. The fraction of sp³-hybridized carbons (Fsp3) is 0.227. The van der Waals surface area contributed by atoms with Crippen LogP contribution in [0.1, 0.15) is 28.9 Å². The number of amides is 2. The predicted molar refractivity (Wildman–Crippen MR) is 111 cm³/mol. The van der Waals surface area contributed by atoms with Gasteiger partial charge in [-0.05, 0) is 61.3 Å². The van der Waals surface area contributed by atoms with E-state index in [-0.39, 0.29) is 29.4 Å². The number of likely N-dealkylation sites (tertiary alicyclic amines) is 1. The van der Waals surface area contributed by atoms with Crippen LogP contribution in [0.5, 0.6) is 0 Å². The lowest BCUT2D eigenvalue weighted by Crippen LogP contribution is -2.39. The molecule has 0 spiro atoms. The van der Waals surface area contributed by atoms with E-state index in [2.05, 4.69) is 15.3 Å². The Balaban J connectivity index is 1.44. The summed E-state index contributed by atoms with van der Waals surface area (Å²) in [5, 5.41) is 7.07. The first-order chi connectivity index (χ1) is 14.5. The molecule has 2 heterocycles. The first-order valence-electron chi connectivity index (χ1n) is 9.75. The molecule has 30 heavy (non-hydrogen) atoms. The number of halogens is 1. The van der Waals surface area contributed by atoms with E-state index < -0.39 is 0 Å². The predicted octanol–water partition coefficient (Wildman–Crippen LogP) is 2.71. The molecule has 3 N–H and O–H groups in total. The number of aromatic nitrogens is 2. The van der Waals surface area contributed by atoms with Crippen molar-refractivity contribution in [2.24, 2.45) is 5.73 Å². The smallest absolute Gasteiger partial charge is 0.276 e. The molecule has 1 aromatic heterocycles. The van der Waals surface area contributed by atoms with E-state index in [4.69, 9.17) is 5.73 Å².